The zero-order chi connectivity index (χ0) is 40.7. The third-order valence-electron chi connectivity index (χ3n) is 11.9. The molecule has 1 aromatic heterocycles. The van der Waals surface area contributed by atoms with Crippen molar-refractivity contribution in [2.75, 3.05) is 11.9 Å². The molecule has 5 atom stereocenters. The quantitative estimate of drug-likeness (QED) is 0.247. The molecule has 0 unspecified atom stereocenters. The first kappa shape index (κ1) is 38.9. The third kappa shape index (κ3) is 7.27. The van der Waals surface area contributed by atoms with Crippen molar-refractivity contribution in [2.24, 2.45) is 16.5 Å². The van der Waals surface area contributed by atoms with Gasteiger partial charge in [0.05, 0.1) is 17.7 Å². The topological polar surface area (TPSA) is 185 Å². The van der Waals surface area contributed by atoms with Crippen molar-refractivity contribution in [3.63, 3.8) is 0 Å². The molecule has 3 N–H and O–H groups in total. The van der Waals surface area contributed by atoms with E-state index in [9.17, 15) is 31.6 Å². The number of aromatic nitrogens is 2. The molecule has 2 aromatic carbocycles. The van der Waals surface area contributed by atoms with Crippen molar-refractivity contribution in [2.45, 2.75) is 120 Å². The van der Waals surface area contributed by atoms with Gasteiger partial charge in [-0.15, -0.1) is 5.10 Å². The lowest BCUT2D eigenvalue weighted by atomic mass is 9.85. The third-order valence-corrected chi connectivity index (χ3v) is 13.7. The van der Waals surface area contributed by atoms with Crippen molar-refractivity contribution in [1.29, 1.82) is 0 Å². The van der Waals surface area contributed by atoms with E-state index in [1.807, 2.05) is 63.6 Å². The molecule has 3 fully saturated rings. The molecule has 8 rings (SSSR count). The number of carbonyl (C=O) groups excluding carboxylic acids is 3. The first-order valence-electron chi connectivity index (χ1n) is 19.4. The molecular weight excluding hydrogens is 761 g/mol. The Morgan fingerprint density at radius 1 is 1.04 bits per heavy atom. The molecule has 304 valence electrons. The molecule has 1 saturated heterocycles. The van der Waals surface area contributed by atoms with Crippen LogP contribution >= 0.6 is 0 Å². The number of benzene rings is 2. The zero-order valence-corrected chi connectivity index (χ0v) is 33.3. The number of alkyl halides is 2. The van der Waals surface area contributed by atoms with E-state index in [0.29, 0.717) is 24.4 Å². The van der Waals surface area contributed by atoms with Crippen LogP contribution in [0.15, 0.2) is 52.0 Å². The number of anilines is 1. The number of sulfonamides is 1. The highest BCUT2D eigenvalue weighted by Crippen LogP contribution is 2.49. The fourth-order valence-electron chi connectivity index (χ4n) is 8.21. The molecule has 3 aromatic rings. The fraction of sp³-hybridized carbons (Fsp3) is 0.550. The van der Waals surface area contributed by atoms with Gasteiger partial charge in [-0.2, -0.15) is 0 Å². The number of oxime groups is 1. The van der Waals surface area contributed by atoms with Crippen molar-refractivity contribution in [3.05, 3.63) is 65.0 Å². The van der Waals surface area contributed by atoms with E-state index < -0.39 is 86.3 Å². The SMILES string of the molecule is CC1(C)CCCc2ccc3c(c2)/C(=N\O[C@@H]2C[C@@H](C(=O)N[C@]4(C(=O)NS(=O)(=O)C5CC5)C[C@H]4C(F)F)N(C2)C(=O)[C@H](C(C)(C)C)Nc2nnc1o2)c1ccccc1-3. The number of rotatable bonds is 6. The van der Waals surface area contributed by atoms with E-state index >= 15 is 0 Å². The maximum Gasteiger partial charge on any atom is 0.316 e. The summed E-state index contributed by atoms with van der Waals surface area (Å²) in [6.07, 6.45) is -1.42. The minimum absolute atomic E-state index is 0.0118. The van der Waals surface area contributed by atoms with Gasteiger partial charge in [0.2, 0.25) is 34.2 Å². The molecule has 17 heteroatoms. The van der Waals surface area contributed by atoms with Crippen LogP contribution in [0.2, 0.25) is 0 Å². The predicted octanol–water partition coefficient (Wildman–Crippen LogP) is 4.68. The van der Waals surface area contributed by atoms with Crippen molar-refractivity contribution in [1.82, 2.24) is 25.1 Å². The van der Waals surface area contributed by atoms with Gasteiger partial charge in [-0.05, 0) is 66.7 Å². The van der Waals surface area contributed by atoms with Crippen molar-refractivity contribution >= 4 is 39.5 Å². The van der Waals surface area contributed by atoms with Gasteiger partial charge in [0, 0.05) is 23.0 Å². The van der Waals surface area contributed by atoms with Crippen molar-refractivity contribution in [3.8, 4) is 11.1 Å². The Morgan fingerprint density at radius 2 is 1.75 bits per heavy atom. The van der Waals surface area contributed by atoms with Crippen LogP contribution < -0.4 is 15.4 Å². The van der Waals surface area contributed by atoms with Gasteiger partial charge in [0.15, 0.2) is 0 Å². The van der Waals surface area contributed by atoms with E-state index in [-0.39, 0.29) is 19.0 Å². The molecule has 0 spiro atoms. The second-order valence-corrected chi connectivity index (χ2v) is 19.7. The van der Waals surface area contributed by atoms with E-state index in [0.717, 1.165) is 47.1 Å². The molecule has 57 heavy (non-hydrogen) atoms. The average molecular weight is 808 g/mol. The fourth-order valence-corrected chi connectivity index (χ4v) is 9.58. The molecule has 3 aliphatic carbocycles. The second kappa shape index (κ2) is 13.9. The number of amides is 3. The van der Waals surface area contributed by atoms with Gasteiger partial charge in [-0.1, -0.05) is 81.3 Å². The molecular formula is C40H47F2N7O7S. The van der Waals surface area contributed by atoms with Gasteiger partial charge < -0.3 is 24.8 Å². The van der Waals surface area contributed by atoms with E-state index in [2.05, 4.69) is 44.2 Å². The maximum atomic E-state index is 14.7. The van der Waals surface area contributed by atoms with Crippen LogP contribution in [-0.2, 0) is 41.1 Å². The Labute approximate surface area is 329 Å². The summed E-state index contributed by atoms with van der Waals surface area (Å²) < 4.78 is 61.8. The molecule has 2 saturated carbocycles. The second-order valence-electron chi connectivity index (χ2n) is 17.7. The van der Waals surface area contributed by atoms with Gasteiger partial charge in [0.25, 0.3) is 5.91 Å². The van der Waals surface area contributed by atoms with Crippen LogP contribution in [0.4, 0.5) is 14.8 Å². The summed E-state index contributed by atoms with van der Waals surface area (Å²) in [7, 11) is -4.11. The van der Waals surface area contributed by atoms with Crippen LogP contribution in [0.25, 0.3) is 11.1 Å². The molecule has 3 amide bonds. The molecule has 3 heterocycles. The Kier molecular flexibility index (Phi) is 9.47. The monoisotopic (exact) mass is 807 g/mol. The highest BCUT2D eigenvalue weighted by Gasteiger charge is 2.67. The highest BCUT2D eigenvalue weighted by molar-refractivity contribution is 7.91. The van der Waals surface area contributed by atoms with Crippen molar-refractivity contribution < 1.29 is 40.8 Å². The molecule has 5 aliphatic rings. The van der Waals surface area contributed by atoms with Gasteiger partial charge >= 0.3 is 6.01 Å². The van der Waals surface area contributed by atoms with Crippen LogP contribution in [0.1, 0.15) is 95.7 Å². The number of hydrogen-bond donors (Lipinski definition) is 3. The summed E-state index contributed by atoms with van der Waals surface area (Å²) in [6.45, 7) is 9.38. The van der Waals surface area contributed by atoms with Crippen LogP contribution in [0.3, 0.4) is 0 Å². The minimum atomic E-state index is -4.11. The molecule has 6 bridgehead atoms. The first-order valence-corrected chi connectivity index (χ1v) is 21.0. The lowest BCUT2D eigenvalue weighted by Crippen LogP contribution is -2.59. The lowest BCUT2D eigenvalue weighted by molar-refractivity contribution is -0.142. The lowest BCUT2D eigenvalue weighted by Gasteiger charge is -2.35. The standard InChI is InChI=1S/C40H47F2N7O7S/c1-38(2,3)31-34(51)49-20-22(18-29(49)33(50)44-40(19-28(40)32(41)42)35(52)48-57(53,54)23-13-14-23)56-47-30-26-11-7-6-10-24(26)25-15-12-21(17-27(25)30)9-8-16-39(4,5)36-45-46-37(43-31)55-36/h6-7,10-12,15,17,22-23,28-29,31-32H,8-9,13-14,16,18-20H2,1-5H3,(H,43,46)(H,44,50)(H,48,52)/b47-30-/t22-,28+,29+,31-,40-/m1/s1. The average Bonchev–Trinajstić information content (AvgIpc) is 4.00. The van der Waals surface area contributed by atoms with E-state index in [4.69, 9.17) is 9.25 Å². The Hall–Kier alpha value is -4.93. The summed E-state index contributed by atoms with van der Waals surface area (Å²) in [5.41, 5.74) is 1.95. The highest BCUT2D eigenvalue weighted by atomic mass is 32.2. The van der Waals surface area contributed by atoms with Gasteiger partial charge in [0.1, 0.15) is 29.4 Å². The Bertz CT molecular complexity index is 2270. The summed E-state index contributed by atoms with van der Waals surface area (Å²) >= 11 is 0. The predicted molar refractivity (Wildman–Crippen MR) is 205 cm³/mol. The molecule has 14 nitrogen and oxygen atoms in total. The number of nitrogens with one attached hydrogen (secondary N) is 3. The summed E-state index contributed by atoms with van der Waals surface area (Å²) in [4.78, 5) is 50.0. The summed E-state index contributed by atoms with van der Waals surface area (Å²) in [5.74, 6) is -3.91. The zero-order valence-electron chi connectivity index (χ0n) is 32.5. The largest absolute Gasteiger partial charge is 0.408 e. The number of aryl methyl sites for hydroxylation is 1. The van der Waals surface area contributed by atoms with E-state index in [1.165, 1.54) is 4.90 Å². The number of nitrogens with zero attached hydrogens (tertiary/aromatic N) is 4. The first-order chi connectivity index (χ1) is 26.9. The van der Waals surface area contributed by atoms with E-state index in [1.54, 1.807) is 0 Å². The number of fused-ring (bicyclic) bond motifs is 8. The Morgan fingerprint density at radius 3 is 2.44 bits per heavy atom. The molecule has 0 radical (unpaired) electrons. The van der Waals surface area contributed by atoms with Gasteiger partial charge in [-0.3, -0.25) is 19.1 Å². The molecule has 2 aliphatic heterocycles. The summed E-state index contributed by atoms with van der Waals surface area (Å²) in [6, 6.07) is 11.8. The minimum Gasteiger partial charge on any atom is -0.408 e. The maximum absolute atomic E-state index is 14.7. The number of carbonyl (C=O) groups is 3. The number of halogens is 2. The normalized spacial score (nSPS) is 27.8. The van der Waals surface area contributed by atoms with Crippen LogP contribution in [0, 0.1) is 11.3 Å². The smallest absolute Gasteiger partial charge is 0.316 e. The summed E-state index contributed by atoms with van der Waals surface area (Å²) in [5, 5.41) is 18.0. The van der Waals surface area contributed by atoms with Crippen LogP contribution in [0.5, 0.6) is 0 Å². The Balaban J connectivity index is 1.16. The van der Waals surface area contributed by atoms with Gasteiger partial charge in [-0.25, -0.2) is 17.2 Å². The van der Waals surface area contributed by atoms with Crippen LogP contribution in [-0.4, -0.2) is 88.9 Å². The number of hydrogen-bond acceptors (Lipinski definition) is 11.